The Labute approximate surface area is 166 Å². The number of fused-ring (bicyclic) bond motifs is 1. The molecule has 10 heteroatoms. The van der Waals surface area contributed by atoms with Crippen molar-refractivity contribution in [2.75, 3.05) is 11.9 Å². The molecule has 148 valence electrons. The van der Waals surface area contributed by atoms with Crippen LogP contribution in [0.15, 0.2) is 33.5 Å². The van der Waals surface area contributed by atoms with Gasteiger partial charge < -0.3 is 15.4 Å². The van der Waals surface area contributed by atoms with E-state index in [4.69, 9.17) is 5.11 Å². The van der Waals surface area contributed by atoms with Gasteiger partial charge in [-0.3, -0.25) is 4.79 Å². The fourth-order valence-electron chi connectivity index (χ4n) is 2.82. The Morgan fingerprint density at radius 3 is 2.75 bits per heavy atom. The molecule has 28 heavy (non-hydrogen) atoms. The average Bonchev–Trinajstić information content (AvgIpc) is 2.63. The zero-order valence-electron chi connectivity index (χ0n) is 14.9. The predicted molar refractivity (Wildman–Crippen MR) is 102 cm³/mol. The molecule has 0 saturated carbocycles. The quantitative estimate of drug-likeness (QED) is 0.543. The summed E-state index contributed by atoms with van der Waals surface area (Å²) in [7, 11) is 0. The molecule has 0 amide bonds. The van der Waals surface area contributed by atoms with E-state index < -0.39 is 30.0 Å². The highest BCUT2D eigenvalue weighted by Crippen LogP contribution is 2.33. The van der Waals surface area contributed by atoms with E-state index in [0.29, 0.717) is 17.0 Å². The molecule has 3 rings (SSSR count). The van der Waals surface area contributed by atoms with Crippen LogP contribution in [0.4, 0.5) is 19.0 Å². The fourth-order valence-corrected chi connectivity index (χ4v) is 3.15. The van der Waals surface area contributed by atoms with Gasteiger partial charge in [-0.1, -0.05) is 12.1 Å². The molecular formula is C18H16BrF3N4O2. The third-order valence-electron chi connectivity index (χ3n) is 4.22. The van der Waals surface area contributed by atoms with Crippen molar-refractivity contribution in [3.63, 3.8) is 0 Å². The summed E-state index contributed by atoms with van der Waals surface area (Å²) in [5, 5.41) is 12.3. The summed E-state index contributed by atoms with van der Waals surface area (Å²) in [5.74, 6) is -4.12. The maximum absolute atomic E-state index is 14.7. The Hall–Kier alpha value is -2.46. The Bertz CT molecular complexity index is 1100. The number of pyridine rings is 1. The summed E-state index contributed by atoms with van der Waals surface area (Å²) >= 11 is 3.14. The third kappa shape index (κ3) is 3.74. The zero-order valence-corrected chi connectivity index (χ0v) is 16.4. The first kappa shape index (κ1) is 20.3. The monoisotopic (exact) mass is 456 g/mol. The van der Waals surface area contributed by atoms with Gasteiger partial charge in [0, 0.05) is 5.56 Å². The number of aromatic nitrogens is 3. The molecule has 1 aromatic carbocycles. The van der Waals surface area contributed by atoms with E-state index in [0.717, 1.165) is 6.07 Å². The number of halogens is 4. The molecule has 0 aliphatic rings. The first-order valence-electron chi connectivity index (χ1n) is 8.25. The summed E-state index contributed by atoms with van der Waals surface area (Å²) in [6, 6.07) is 4.39. The Balaban J connectivity index is 2.05. The number of nitrogens with one attached hydrogen (secondary N) is 2. The minimum Gasteiger partial charge on any atom is -0.390 e. The summed E-state index contributed by atoms with van der Waals surface area (Å²) < 4.78 is 42.5. The summed E-state index contributed by atoms with van der Waals surface area (Å²) in [6.07, 6.45) is 0. The molecule has 0 radical (unpaired) electrons. The van der Waals surface area contributed by atoms with Crippen LogP contribution in [-0.4, -0.2) is 26.7 Å². The van der Waals surface area contributed by atoms with Crippen molar-refractivity contribution in [3.05, 3.63) is 61.9 Å². The molecular weight excluding hydrogens is 441 g/mol. The third-order valence-corrected chi connectivity index (χ3v) is 4.81. The zero-order chi connectivity index (χ0) is 20.6. The number of aliphatic hydroxyl groups excluding tert-OH is 1. The topological polar surface area (TPSA) is 90.9 Å². The van der Waals surface area contributed by atoms with E-state index in [9.17, 15) is 18.0 Å². The molecule has 0 saturated heterocycles. The van der Waals surface area contributed by atoms with E-state index in [1.54, 1.807) is 13.8 Å². The maximum atomic E-state index is 14.7. The molecule has 3 aromatic rings. The number of hydrogen-bond acceptors (Lipinski definition) is 5. The number of alkyl halides is 2. The minimum absolute atomic E-state index is 0.0152. The van der Waals surface area contributed by atoms with Gasteiger partial charge >= 0.3 is 0 Å². The normalized spacial score (nSPS) is 13.0. The van der Waals surface area contributed by atoms with Crippen LogP contribution in [-0.2, 0) is 5.92 Å². The lowest BCUT2D eigenvalue weighted by molar-refractivity contribution is -0.0583. The highest BCUT2D eigenvalue weighted by molar-refractivity contribution is 9.10. The molecule has 0 fully saturated rings. The van der Waals surface area contributed by atoms with E-state index in [1.165, 1.54) is 18.2 Å². The number of nitrogens with zero attached hydrogens (tertiary/aromatic N) is 2. The van der Waals surface area contributed by atoms with Crippen molar-refractivity contribution < 1.29 is 18.3 Å². The SMILES string of the molecule is Cc1nc(NC(C)c2cccc(C(F)(F)CO)c2F)c2cc(Br)c(=O)[nH]c2n1. The Morgan fingerprint density at radius 2 is 2.07 bits per heavy atom. The minimum atomic E-state index is -3.69. The molecule has 0 bridgehead atoms. The average molecular weight is 457 g/mol. The van der Waals surface area contributed by atoms with Crippen LogP contribution in [0, 0.1) is 12.7 Å². The highest BCUT2D eigenvalue weighted by atomic mass is 79.9. The van der Waals surface area contributed by atoms with Crippen LogP contribution >= 0.6 is 15.9 Å². The lowest BCUT2D eigenvalue weighted by Crippen LogP contribution is -2.22. The van der Waals surface area contributed by atoms with Gasteiger partial charge in [-0.25, -0.2) is 14.4 Å². The first-order chi connectivity index (χ1) is 13.1. The number of H-pyrrole nitrogens is 1. The number of aliphatic hydroxyl groups is 1. The number of aromatic amines is 1. The summed E-state index contributed by atoms with van der Waals surface area (Å²) in [5.41, 5.74) is -0.971. The summed E-state index contributed by atoms with van der Waals surface area (Å²) in [6.45, 7) is 1.72. The maximum Gasteiger partial charge on any atom is 0.298 e. The number of aryl methyl sites for hydroxylation is 1. The molecule has 1 unspecified atom stereocenters. The Kier molecular flexibility index (Phi) is 5.44. The second kappa shape index (κ2) is 7.51. The highest BCUT2D eigenvalue weighted by Gasteiger charge is 2.35. The molecule has 0 aliphatic carbocycles. The smallest absolute Gasteiger partial charge is 0.298 e. The predicted octanol–water partition coefficient (Wildman–Crippen LogP) is 3.79. The van der Waals surface area contributed by atoms with Crippen molar-refractivity contribution in [1.82, 2.24) is 15.0 Å². The molecule has 3 N–H and O–H groups in total. The number of benzene rings is 1. The molecule has 0 aliphatic heterocycles. The Morgan fingerprint density at radius 1 is 1.36 bits per heavy atom. The van der Waals surface area contributed by atoms with Crippen molar-refractivity contribution in [2.45, 2.75) is 25.8 Å². The van der Waals surface area contributed by atoms with Crippen molar-refractivity contribution >= 4 is 32.8 Å². The lowest BCUT2D eigenvalue weighted by atomic mass is 10.0. The van der Waals surface area contributed by atoms with Crippen LogP contribution < -0.4 is 10.9 Å². The van der Waals surface area contributed by atoms with E-state index >= 15 is 0 Å². The van der Waals surface area contributed by atoms with Gasteiger partial charge in [0.25, 0.3) is 11.5 Å². The fraction of sp³-hybridized carbons (Fsp3) is 0.278. The van der Waals surface area contributed by atoms with Crippen LogP contribution in [0.1, 0.15) is 29.9 Å². The van der Waals surface area contributed by atoms with Crippen LogP contribution in [0.5, 0.6) is 0 Å². The van der Waals surface area contributed by atoms with E-state index in [1.807, 2.05) is 0 Å². The number of anilines is 1. The van der Waals surface area contributed by atoms with Gasteiger partial charge in [-0.2, -0.15) is 8.78 Å². The van der Waals surface area contributed by atoms with Crippen LogP contribution in [0.2, 0.25) is 0 Å². The lowest BCUT2D eigenvalue weighted by Gasteiger charge is -2.21. The van der Waals surface area contributed by atoms with Crippen LogP contribution in [0.25, 0.3) is 11.0 Å². The molecule has 6 nitrogen and oxygen atoms in total. The van der Waals surface area contributed by atoms with Crippen LogP contribution in [0.3, 0.4) is 0 Å². The molecule has 1 atom stereocenters. The summed E-state index contributed by atoms with van der Waals surface area (Å²) in [4.78, 5) is 22.8. The van der Waals surface area contributed by atoms with Gasteiger partial charge in [0.05, 0.1) is 21.5 Å². The van der Waals surface area contributed by atoms with E-state index in [-0.39, 0.29) is 21.2 Å². The molecule has 2 aromatic heterocycles. The first-order valence-corrected chi connectivity index (χ1v) is 9.04. The van der Waals surface area contributed by atoms with Crippen molar-refractivity contribution in [1.29, 1.82) is 0 Å². The largest absolute Gasteiger partial charge is 0.390 e. The molecule has 0 spiro atoms. The van der Waals surface area contributed by atoms with Crippen molar-refractivity contribution in [2.24, 2.45) is 0 Å². The van der Waals surface area contributed by atoms with Gasteiger partial charge in [-0.15, -0.1) is 0 Å². The van der Waals surface area contributed by atoms with Gasteiger partial charge in [0.2, 0.25) is 0 Å². The standard InChI is InChI=1S/C18H16BrF3N4O2/c1-8(10-4-3-5-12(14(10)20)18(21,22)7-27)23-15-11-6-13(19)17(28)26-16(11)25-9(2)24-15/h3-6,8,27H,7H2,1-2H3,(H2,23,24,25,26,28). The second-order valence-electron chi connectivity index (χ2n) is 6.27. The van der Waals surface area contributed by atoms with Crippen molar-refractivity contribution in [3.8, 4) is 0 Å². The number of rotatable bonds is 5. The van der Waals surface area contributed by atoms with Gasteiger partial charge in [0.1, 0.15) is 29.7 Å². The van der Waals surface area contributed by atoms with Gasteiger partial charge in [0.15, 0.2) is 0 Å². The van der Waals surface area contributed by atoms with Gasteiger partial charge in [-0.05, 0) is 41.9 Å². The number of hydrogen-bond donors (Lipinski definition) is 3. The second-order valence-corrected chi connectivity index (χ2v) is 7.12. The molecule has 2 heterocycles. The van der Waals surface area contributed by atoms with E-state index in [2.05, 4.69) is 36.2 Å².